The summed E-state index contributed by atoms with van der Waals surface area (Å²) < 4.78 is 0. The van der Waals surface area contributed by atoms with Crippen LogP contribution in [0.1, 0.15) is 32.0 Å². The first-order valence-electron chi connectivity index (χ1n) is 8.88. The number of rotatable bonds is 6. The van der Waals surface area contributed by atoms with Gasteiger partial charge in [-0.15, -0.1) is 0 Å². The van der Waals surface area contributed by atoms with Gasteiger partial charge in [0.1, 0.15) is 5.69 Å². The van der Waals surface area contributed by atoms with Crippen molar-refractivity contribution < 1.29 is 9.59 Å². The normalized spacial score (nSPS) is 10.4. The molecule has 3 aromatic rings. The summed E-state index contributed by atoms with van der Waals surface area (Å²) >= 11 is 5.96. The Balaban J connectivity index is 1.60. The van der Waals surface area contributed by atoms with Crippen LogP contribution >= 0.6 is 11.6 Å². The van der Waals surface area contributed by atoms with E-state index >= 15 is 0 Å². The standard InChI is InChI=1S/C22H20ClN3O2/c1-15-4-2-7-19(12-15)26-22(28)20-14-17(9-11-24-20)21(27)25-10-8-16-5-3-6-18(23)13-16/h2-7,9,11-14H,8,10H2,1H3,(H,25,27)(H,26,28). The number of halogens is 1. The minimum absolute atomic E-state index is 0.184. The van der Waals surface area contributed by atoms with Crippen LogP contribution in [0.5, 0.6) is 0 Å². The van der Waals surface area contributed by atoms with Crippen molar-refractivity contribution in [3.8, 4) is 0 Å². The maximum atomic E-state index is 12.4. The molecule has 2 aromatic carbocycles. The van der Waals surface area contributed by atoms with Crippen LogP contribution in [0.25, 0.3) is 0 Å². The monoisotopic (exact) mass is 393 g/mol. The number of anilines is 1. The fourth-order valence-electron chi connectivity index (χ4n) is 2.73. The largest absolute Gasteiger partial charge is 0.352 e. The third-order valence-corrected chi connectivity index (χ3v) is 4.35. The lowest BCUT2D eigenvalue weighted by Crippen LogP contribution is -2.26. The molecular weight excluding hydrogens is 374 g/mol. The summed E-state index contributed by atoms with van der Waals surface area (Å²) in [6, 6.07) is 18.1. The third-order valence-electron chi connectivity index (χ3n) is 4.12. The zero-order valence-corrected chi connectivity index (χ0v) is 16.2. The van der Waals surface area contributed by atoms with Gasteiger partial charge in [0.25, 0.3) is 11.8 Å². The molecule has 0 aliphatic carbocycles. The van der Waals surface area contributed by atoms with E-state index in [1.807, 2.05) is 49.4 Å². The van der Waals surface area contributed by atoms with Crippen molar-refractivity contribution in [3.05, 3.63) is 94.3 Å². The van der Waals surface area contributed by atoms with E-state index in [-0.39, 0.29) is 17.5 Å². The fourth-order valence-corrected chi connectivity index (χ4v) is 2.94. The quantitative estimate of drug-likeness (QED) is 0.657. The van der Waals surface area contributed by atoms with Gasteiger partial charge in [0.05, 0.1) is 0 Å². The molecule has 0 radical (unpaired) electrons. The summed E-state index contributed by atoms with van der Waals surface area (Å²) in [5, 5.41) is 6.31. The topological polar surface area (TPSA) is 71.1 Å². The minimum Gasteiger partial charge on any atom is -0.352 e. The number of hydrogen-bond acceptors (Lipinski definition) is 3. The number of pyridine rings is 1. The Labute approximate surface area is 168 Å². The predicted octanol–water partition coefficient (Wildman–Crippen LogP) is 4.27. The number of nitrogens with zero attached hydrogens (tertiary/aromatic N) is 1. The van der Waals surface area contributed by atoms with Crippen LogP contribution in [0.2, 0.25) is 5.02 Å². The van der Waals surface area contributed by atoms with E-state index in [9.17, 15) is 9.59 Å². The van der Waals surface area contributed by atoms with Crippen molar-refractivity contribution in [2.24, 2.45) is 0 Å². The highest BCUT2D eigenvalue weighted by molar-refractivity contribution is 6.30. The molecule has 28 heavy (non-hydrogen) atoms. The molecule has 0 aliphatic heterocycles. The van der Waals surface area contributed by atoms with Gasteiger partial charge in [-0.2, -0.15) is 0 Å². The van der Waals surface area contributed by atoms with Gasteiger partial charge in [0.15, 0.2) is 0 Å². The van der Waals surface area contributed by atoms with E-state index in [0.717, 1.165) is 11.1 Å². The first-order valence-corrected chi connectivity index (χ1v) is 9.26. The lowest BCUT2D eigenvalue weighted by Gasteiger charge is -2.08. The fraction of sp³-hybridized carbons (Fsp3) is 0.136. The summed E-state index contributed by atoms with van der Waals surface area (Å²) in [4.78, 5) is 28.9. The van der Waals surface area contributed by atoms with Gasteiger partial charge < -0.3 is 10.6 Å². The molecule has 2 amide bonds. The zero-order valence-electron chi connectivity index (χ0n) is 15.4. The lowest BCUT2D eigenvalue weighted by atomic mass is 10.1. The number of amides is 2. The van der Waals surface area contributed by atoms with Gasteiger partial charge in [0.2, 0.25) is 0 Å². The number of carbonyl (C=O) groups excluding carboxylic acids is 2. The number of aromatic nitrogens is 1. The molecule has 3 rings (SSSR count). The summed E-state index contributed by atoms with van der Waals surface area (Å²) in [6.07, 6.45) is 2.12. The molecule has 0 spiro atoms. The molecule has 0 atom stereocenters. The molecular formula is C22H20ClN3O2. The second kappa shape index (κ2) is 9.15. The minimum atomic E-state index is -0.362. The molecule has 0 saturated heterocycles. The molecule has 1 heterocycles. The highest BCUT2D eigenvalue weighted by Gasteiger charge is 2.12. The number of hydrogen-bond donors (Lipinski definition) is 2. The van der Waals surface area contributed by atoms with Crippen LogP contribution < -0.4 is 10.6 Å². The maximum Gasteiger partial charge on any atom is 0.274 e. The van der Waals surface area contributed by atoms with Gasteiger partial charge in [-0.05, 0) is 60.9 Å². The maximum absolute atomic E-state index is 12.4. The van der Waals surface area contributed by atoms with E-state index in [1.54, 1.807) is 12.1 Å². The molecule has 5 nitrogen and oxygen atoms in total. The Bertz CT molecular complexity index is 1000. The van der Waals surface area contributed by atoms with Crippen molar-refractivity contribution in [3.63, 3.8) is 0 Å². The molecule has 0 saturated carbocycles. The van der Waals surface area contributed by atoms with Gasteiger partial charge in [0, 0.05) is 29.0 Å². The molecule has 142 valence electrons. The van der Waals surface area contributed by atoms with Crippen LogP contribution in [-0.2, 0) is 6.42 Å². The Kier molecular flexibility index (Phi) is 6.40. The highest BCUT2D eigenvalue weighted by Crippen LogP contribution is 2.12. The van der Waals surface area contributed by atoms with Gasteiger partial charge >= 0.3 is 0 Å². The Morgan fingerprint density at radius 1 is 1.00 bits per heavy atom. The molecule has 1 aromatic heterocycles. The van der Waals surface area contributed by atoms with E-state index in [4.69, 9.17) is 11.6 Å². The molecule has 0 aliphatic rings. The van der Waals surface area contributed by atoms with E-state index in [0.29, 0.717) is 29.2 Å². The van der Waals surface area contributed by atoms with E-state index in [1.165, 1.54) is 12.3 Å². The SMILES string of the molecule is Cc1cccc(NC(=O)c2cc(C(=O)NCCc3cccc(Cl)c3)ccn2)c1. The second-order valence-corrected chi connectivity index (χ2v) is 6.83. The summed E-state index contributed by atoms with van der Waals surface area (Å²) in [5.41, 5.74) is 3.34. The van der Waals surface area contributed by atoms with Crippen molar-refractivity contribution in [2.45, 2.75) is 13.3 Å². The molecule has 0 fully saturated rings. The molecule has 2 N–H and O–H groups in total. The molecule has 0 unspecified atom stereocenters. The van der Waals surface area contributed by atoms with E-state index in [2.05, 4.69) is 15.6 Å². The third kappa shape index (κ3) is 5.41. The first kappa shape index (κ1) is 19.6. The average Bonchev–Trinajstić information content (AvgIpc) is 2.68. The van der Waals surface area contributed by atoms with Crippen molar-refractivity contribution >= 4 is 29.1 Å². The summed E-state index contributed by atoms with van der Waals surface area (Å²) in [7, 11) is 0. The van der Waals surface area contributed by atoms with Gasteiger partial charge in [-0.25, -0.2) is 0 Å². The van der Waals surface area contributed by atoms with Crippen LogP contribution in [0.15, 0.2) is 66.9 Å². The van der Waals surface area contributed by atoms with Crippen LogP contribution in [0.3, 0.4) is 0 Å². The smallest absolute Gasteiger partial charge is 0.274 e. The number of nitrogens with one attached hydrogen (secondary N) is 2. The van der Waals surface area contributed by atoms with Crippen LogP contribution in [0.4, 0.5) is 5.69 Å². The average molecular weight is 394 g/mol. The summed E-state index contributed by atoms with van der Waals surface area (Å²) in [6.45, 7) is 2.41. The summed E-state index contributed by atoms with van der Waals surface area (Å²) in [5.74, 6) is -0.617. The highest BCUT2D eigenvalue weighted by atomic mass is 35.5. The van der Waals surface area contributed by atoms with Crippen molar-refractivity contribution in [2.75, 3.05) is 11.9 Å². The van der Waals surface area contributed by atoms with E-state index < -0.39 is 0 Å². The van der Waals surface area contributed by atoms with Crippen molar-refractivity contribution in [1.82, 2.24) is 10.3 Å². The first-order chi connectivity index (χ1) is 13.5. The van der Waals surface area contributed by atoms with Crippen molar-refractivity contribution in [1.29, 1.82) is 0 Å². The molecule has 6 heteroatoms. The number of carbonyl (C=O) groups is 2. The Morgan fingerprint density at radius 3 is 2.61 bits per heavy atom. The van der Waals surface area contributed by atoms with Gasteiger partial charge in [-0.1, -0.05) is 35.9 Å². The number of aryl methyl sites for hydroxylation is 1. The lowest BCUT2D eigenvalue weighted by molar-refractivity contribution is 0.0954. The second-order valence-electron chi connectivity index (χ2n) is 6.39. The van der Waals surface area contributed by atoms with Crippen LogP contribution in [-0.4, -0.2) is 23.3 Å². The predicted molar refractivity (Wildman–Crippen MR) is 111 cm³/mol. The Hall–Kier alpha value is -3.18. The van der Waals surface area contributed by atoms with Gasteiger partial charge in [-0.3, -0.25) is 14.6 Å². The number of benzene rings is 2. The Morgan fingerprint density at radius 2 is 1.82 bits per heavy atom. The zero-order chi connectivity index (χ0) is 19.9. The van der Waals surface area contributed by atoms with Crippen LogP contribution in [0, 0.1) is 6.92 Å². The molecule has 0 bridgehead atoms.